The molecule has 2 rings (SSSR count). The highest BCUT2D eigenvalue weighted by Gasteiger charge is 2.12. The van der Waals surface area contributed by atoms with Gasteiger partial charge in [-0.25, -0.2) is 0 Å². The normalized spacial score (nSPS) is 16.6. The number of hydrogen-bond acceptors (Lipinski definition) is 3. The van der Waals surface area contributed by atoms with Crippen molar-refractivity contribution in [3.8, 4) is 11.5 Å². The SMILES string of the molecule is CCCOc1ccc(CNC2CCCCCCC2)cc1OCC. The second-order valence-electron chi connectivity index (χ2n) is 6.49. The van der Waals surface area contributed by atoms with Crippen LogP contribution >= 0.6 is 0 Å². The maximum atomic E-state index is 5.77. The minimum absolute atomic E-state index is 0.668. The number of rotatable bonds is 8. The quantitative estimate of drug-likeness (QED) is 0.725. The molecule has 3 heteroatoms. The summed E-state index contributed by atoms with van der Waals surface area (Å²) in [6, 6.07) is 7.01. The minimum Gasteiger partial charge on any atom is -0.490 e. The second kappa shape index (κ2) is 10.5. The van der Waals surface area contributed by atoms with Crippen molar-refractivity contribution in [1.82, 2.24) is 5.32 Å². The average molecular weight is 319 g/mol. The number of nitrogens with one attached hydrogen (secondary N) is 1. The van der Waals surface area contributed by atoms with Crippen molar-refractivity contribution in [1.29, 1.82) is 0 Å². The molecule has 3 nitrogen and oxygen atoms in total. The summed E-state index contributed by atoms with van der Waals surface area (Å²) in [4.78, 5) is 0. The van der Waals surface area contributed by atoms with Gasteiger partial charge in [-0.15, -0.1) is 0 Å². The first-order valence-corrected chi connectivity index (χ1v) is 9.45. The van der Waals surface area contributed by atoms with Gasteiger partial charge in [0.05, 0.1) is 13.2 Å². The summed E-state index contributed by atoms with van der Waals surface area (Å²) in [5.41, 5.74) is 1.28. The van der Waals surface area contributed by atoms with Crippen LogP contribution in [0, 0.1) is 0 Å². The molecule has 1 aromatic rings. The predicted molar refractivity (Wildman–Crippen MR) is 96.3 cm³/mol. The summed E-state index contributed by atoms with van der Waals surface area (Å²) in [6.07, 6.45) is 10.6. The number of hydrogen-bond donors (Lipinski definition) is 1. The molecule has 1 fully saturated rings. The summed E-state index contributed by atoms with van der Waals surface area (Å²) in [5, 5.41) is 3.74. The maximum Gasteiger partial charge on any atom is 0.161 e. The van der Waals surface area contributed by atoms with E-state index >= 15 is 0 Å². The van der Waals surface area contributed by atoms with Crippen molar-refractivity contribution < 1.29 is 9.47 Å². The summed E-state index contributed by atoms with van der Waals surface area (Å²) in [6.45, 7) is 6.46. The summed E-state index contributed by atoms with van der Waals surface area (Å²) < 4.78 is 11.5. The average Bonchev–Trinajstić information content (AvgIpc) is 2.53. The lowest BCUT2D eigenvalue weighted by molar-refractivity contribution is 0.276. The molecule has 1 N–H and O–H groups in total. The Labute approximate surface area is 141 Å². The molecule has 0 atom stereocenters. The van der Waals surface area contributed by atoms with Crippen molar-refractivity contribution in [2.45, 2.75) is 77.8 Å². The van der Waals surface area contributed by atoms with Crippen molar-refractivity contribution in [3.63, 3.8) is 0 Å². The van der Waals surface area contributed by atoms with Crippen LogP contribution in [0.5, 0.6) is 11.5 Å². The van der Waals surface area contributed by atoms with E-state index in [0.29, 0.717) is 12.6 Å². The first-order chi connectivity index (χ1) is 11.3. The highest BCUT2D eigenvalue weighted by atomic mass is 16.5. The van der Waals surface area contributed by atoms with Crippen LogP contribution in [0.25, 0.3) is 0 Å². The van der Waals surface area contributed by atoms with Crippen molar-refractivity contribution >= 4 is 0 Å². The summed E-state index contributed by atoms with van der Waals surface area (Å²) >= 11 is 0. The van der Waals surface area contributed by atoms with E-state index < -0.39 is 0 Å². The van der Waals surface area contributed by atoms with Gasteiger partial charge in [-0.05, 0) is 43.9 Å². The predicted octanol–water partition coefficient (Wildman–Crippen LogP) is 5.08. The Morgan fingerprint density at radius 1 is 0.957 bits per heavy atom. The van der Waals surface area contributed by atoms with Gasteiger partial charge in [0.1, 0.15) is 0 Å². The Bertz CT molecular complexity index is 439. The third-order valence-corrected chi connectivity index (χ3v) is 4.47. The van der Waals surface area contributed by atoms with E-state index in [1.165, 1.54) is 50.5 Å². The molecule has 1 saturated carbocycles. The van der Waals surface area contributed by atoms with Gasteiger partial charge >= 0.3 is 0 Å². The minimum atomic E-state index is 0.668. The molecule has 0 spiro atoms. The maximum absolute atomic E-state index is 5.77. The van der Waals surface area contributed by atoms with E-state index in [1.807, 2.05) is 6.92 Å². The fraction of sp³-hybridized carbons (Fsp3) is 0.700. The van der Waals surface area contributed by atoms with Crippen LogP contribution in [0.2, 0.25) is 0 Å². The first kappa shape index (κ1) is 18.1. The van der Waals surface area contributed by atoms with Gasteiger partial charge < -0.3 is 14.8 Å². The Kier molecular flexibility index (Phi) is 8.30. The van der Waals surface area contributed by atoms with Crippen molar-refractivity contribution in [3.05, 3.63) is 23.8 Å². The van der Waals surface area contributed by atoms with Crippen LogP contribution in [0.4, 0.5) is 0 Å². The lowest BCUT2D eigenvalue weighted by atomic mass is 9.96. The summed E-state index contributed by atoms with van der Waals surface area (Å²) in [5.74, 6) is 1.74. The highest BCUT2D eigenvalue weighted by Crippen LogP contribution is 2.29. The zero-order chi connectivity index (χ0) is 16.3. The Morgan fingerprint density at radius 3 is 2.39 bits per heavy atom. The molecule has 0 radical (unpaired) electrons. The van der Waals surface area contributed by atoms with E-state index in [9.17, 15) is 0 Å². The van der Waals surface area contributed by atoms with E-state index in [-0.39, 0.29) is 0 Å². The standard InChI is InChI=1S/C20H33NO2/c1-3-14-23-19-13-12-17(15-20(19)22-4-2)16-21-18-10-8-6-5-7-9-11-18/h12-13,15,18,21H,3-11,14,16H2,1-2H3. The van der Waals surface area contributed by atoms with Gasteiger partial charge in [-0.3, -0.25) is 0 Å². The lowest BCUT2D eigenvalue weighted by Gasteiger charge is -2.21. The third kappa shape index (κ3) is 6.42. The van der Waals surface area contributed by atoms with Crippen molar-refractivity contribution in [2.75, 3.05) is 13.2 Å². The molecule has 0 bridgehead atoms. The van der Waals surface area contributed by atoms with Gasteiger partial charge in [0, 0.05) is 12.6 Å². The summed E-state index contributed by atoms with van der Waals surface area (Å²) in [7, 11) is 0. The van der Waals surface area contributed by atoms with Gasteiger partial charge in [0.25, 0.3) is 0 Å². The van der Waals surface area contributed by atoms with E-state index in [2.05, 4.69) is 30.4 Å². The lowest BCUT2D eigenvalue weighted by Crippen LogP contribution is -2.29. The van der Waals surface area contributed by atoms with Crippen LogP contribution in [0.3, 0.4) is 0 Å². The highest BCUT2D eigenvalue weighted by molar-refractivity contribution is 5.43. The van der Waals surface area contributed by atoms with E-state index in [4.69, 9.17) is 9.47 Å². The topological polar surface area (TPSA) is 30.5 Å². The molecule has 0 unspecified atom stereocenters. The Balaban J connectivity index is 1.91. The molecule has 1 aliphatic carbocycles. The smallest absolute Gasteiger partial charge is 0.161 e. The number of benzene rings is 1. The Morgan fingerprint density at radius 2 is 1.70 bits per heavy atom. The van der Waals surface area contributed by atoms with E-state index in [1.54, 1.807) is 0 Å². The molecule has 1 aliphatic rings. The van der Waals surface area contributed by atoms with E-state index in [0.717, 1.165) is 31.1 Å². The Hall–Kier alpha value is -1.22. The number of ether oxygens (including phenoxy) is 2. The zero-order valence-corrected chi connectivity index (χ0v) is 14.9. The van der Waals surface area contributed by atoms with Gasteiger partial charge in [0.2, 0.25) is 0 Å². The van der Waals surface area contributed by atoms with Gasteiger partial charge in [0.15, 0.2) is 11.5 Å². The molecular formula is C20H33NO2. The zero-order valence-electron chi connectivity index (χ0n) is 14.9. The van der Waals surface area contributed by atoms with Gasteiger partial charge in [-0.2, -0.15) is 0 Å². The van der Waals surface area contributed by atoms with Crippen molar-refractivity contribution in [2.24, 2.45) is 0 Å². The fourth-order valence-corrected chi connectivity index (χ4v) is 3.18. The molecule has 0 aromatic heterocycles. The molecule has 0 heterocycles. The molecule has 130 valence electrons. The molecule has 1 aromatic carbocycles. The van der Waals surface area contributed by atoms with Crippen LogP contribution in [0.15, 0.2) is 18.2 Å². The largest absolute Gasteiger partial charge is 0.490 e. The molecule has 0 aliphatic heterocycles. The molecule has 23 heavy (non-hydrogen) atoms. The van der Waals surface area contributed by atoms with Gasteiger partial charge in [-0.1, -0.05) is 45.1 Å². The first-order valence-electron chi connectivity index (χ1n) is 9.45. The third-order valence-electron chi connectivity index (χ3n) is 4.47. The molecular weight excluding hydrogens is 286 g/mol. The molecule has 0 saturated heterocycles. The van der Waals surface area contributed by atoms with Crippen LogP contribution < -0.4 is 14.8 Å². The van der Waals surface area contributed by atoms with Crippen LogP contribution in [-0.2, 0) is 6.54 Å². The fourth-order valence-electron chi connectivity index (χ4n) is 3.18. The van der Waals surface area contributed by atoms with Crippen LogP contribution in [0.1, 0.15) is 70.8 Å². The van der Waals surface area contributed by atoms with Crippen LogP contribution in [-0.4, -0.2) is 19.3 Å². The second-order valence-corrected chi connectivity index (χ2v) is 6.49. The molecule has 0 amide bonds. The monoisotopic (exact) mass is 319 g/mol.